The highest BCUT2D eigenvalue weighted by molar-refractivity contribution is 5.37. The van der Waals surface area contributed by atoms with E-state index in [1.165, 1.54) is 31.6 Å². The number of anilines is 1. The van der Waals surface area contributed by atoms with Crippen LogP contribution in [0, 0.1) is 12.8 Å². The van der Waals surface area contributed by atoms with Gasteiger partial charge < -0.3 is 9.80 Å². The summed E-state index contributed by atoms with van der Waals surface area (Å²) in [6.07, 6.45) is 3.67. The monoisotopic (exact) mass is 248 g/mol. The lowest BCUT2D eigenvalue weighted by molar-refractivity contribution is 0.218. The first-order valence-electron chi connectivity index (χ1n) is 6.75. The molecule has 4 heteroatoms. The molecule has 1 aromatic rings. The van der Waals surface area contributed by atoms with E-state index in [-0.39, 0.29) is 0 Å². The van der Waals surface area contributed by atoms with Crippen molar-refractivity contribution in [2.75, 3.05) is 39.1 Å². The summed E-state index contributed by atoms with van der Waals surface area (Å²) < 4.78 is 0. The van der Waals surface area contributed by atoms with Crippen molar-refractivity contribution in [3.8, 4) is 0 Å². The lowest BCUT2D eigenvalue weighted by atomic mass is 9.92. The largest absolute Gasteiger partial charge is 0.363 e. The number of nitrogens with zero attached hydrogens (tertiary/aromatic N) is 4. The van der Waals surface area contributed by atoms with Crippen molar-refractivity contribution < 1.29 is 0 Å². The normalized spacial score (nSPS) is 18.0. The number of likely N-dealkylation sites (tertiary alicyclic amines) is 1. The highest BCUT2D eigenvalue weighted by Crippen LogP contribution is 2.21. The number of aryl methyl sites for hydroxylation is 1. The molecule has 0 spiro atoms. The van der Waals surface area contributed by atoms with Gasteiger partial charge in [0.2, 0.25) is 0 Å². The van der Waals surface area contributed by atoms with Crippen LogP contribution in [0.25, 0.3) is 0 Å². The summed E-state index contributed by atoms with van der Waals surface area (Å²) in [5.41, 5.74) is 1.20. The Bertz CT molecular complexity index is 395. The first-order valence-corrected chi connectivity index (χ1v) is 6.75. The molecular formula is C14H24N4. The predicted octanol–water partition coefficient (Wildman–Crippen LogP) is 1.74. The molecule has 0 atom stereocenters. The van der Waals surface area contributed by atoms with Gasteiger partial charge in [-0.15, -0.1) is 0 Å². The van der Waals surface area contributed by atoms with Crippen molar-refractivity contribution >= 4 is 5.82 Å². The van der Waals surface area contributed by atoms with E-state index >= 15 is 0 Å². The van der Waals surface area contributed by atoms with Crippen molar-refractivity contribution in [1.29, 1.82) is 0 Å². The van der Waals surface area contributed by atoms with Gasteiger partial charge in [0, 0.05) is 25.9 Å². The first kappa shape index (κ1) is 13.3. The number of hydrogen-bond acceptors (Lipinski definition) is 4. The second-order valence-electron chi connectivity index (χ2n) is 5.61. The van der Waals surface area contributed by atoms with Gasteiger partial charge in [0.1, 0.15) is 11.6 Å². The Balaban J connectivity index is 2.04. The summed E-state index contributed by atoms with van der Waals surface area (Å²) in [5, 5.41) is 0. The maximum Gasteiger partial charge on any atom is 0.131 e. The number of rotatable bonds is 3. The highest BCUT2D eigenvalue weighted by atomic mass is 15.1. The molecular weight excluding hydrogens is 224 g/mol. The third-order valence-corrected chi connectivity index (χ3v) is 3.67. The zero-order valence-corrected chi connectivity index (χ0v) is 12.0. The fourth-order valence-corrected chi connectivity index (χ4v) is 2.51. The summed E-state index contributed by atoms with van der Waals surface area (Å²) >= 11 is 0. The first-order chi connectivity index (χ1) is 8.54. The van der Waals surface area contributed by atoms with Crippen LogP contribution >= 0.6 is 0 Å². The SMILES string of the molecule is Cc1nc(CC2CCN(C)CC2)cc(N(C)C)n1. The second-order valence-corrected chi connectivity index (χ2v) is 5.61. The van der Waals surface area contributed by atoms with E-state index in [9.17, 15) is 0 Å². The van der Waals surface area contributed by atoms with Gasteiger partial charge in [-0.1, -0.05) is 0 Å². The van der Waals surface area contributed by atoms with Crippen LogP contribution < -0.4 is 4.90 Å². The van der Waals surface area contributed by atoms with Crippen molar-refractivity contribution in [1.82, 2.24) is 14.9 Å². The number of piperidine rings is 1. The van der Waals surface area contributed by atoms with Crippen LogP contribution in [0.4, 0.5) is 5.82 Å². The summed E-state index contributed by atoms with van der Waals surface area (Å²) in [6.45, 7) is 4.41. The van der Waals surface area contributed by atoms with Gasteiger partial charge in [0.15, 0.2) is 0 Å². The lowest BCUT2D eigenvalue weighted by Gasteiger charge is -2.28. The summed E-state index contributed by atoms with van der Waals surface area (Å²) in [7, 11) is 6.26. The molecule has 2 rings (SSSR count). The van der Waals surface area contributed by atoms with E-state index in [0.717, 1.165) is 24.0 Å². The van der Waals surface area contributed by atoms with E-state index in [0.29, 0.717) is 0 Å². The van der Waals surface area contributed by atoms with Crippen molar-refractivity contribution in [3.63, 3.8) is 0 Å². The molecule has 1 aromatic heterocycles. The fourth-order valence-electron chi connectivity index (χ4n) is 2.51. The number of hydrogen-bond donors (Lipinski definition) is 0. The minimum atomic E-state index is 0.783. The van der Waals surface area contributed by atoms with Gasteiger partial charge in [0.25, 0.3) is 0 Å². The second kappa shape index (κ2) is 5.65. The minimum Gasteiger partial charge on any atom is -0.363 e. The molecule has 0 aliphatic carbocycles. The summed E-state index contributed by atoms with van der Waals surface area (Å²) in [4.78, 5) is 13.5. The third kappa shape index (κ3) is 3.42. The molecule has 4 nitrogen and oxygen atoms in total. The molecule has 1 saturated heterocycles. The molecule has 18 heavy (non-hydrogen) atoms. The molecule has 0 radical (unpaired) electrons. The number of aromatic nitrogens is 2. The van der Waals surface area contributed by atoms with Crippen molar-refractivity contribution in [3.05, 3.63) is 17.6 Å². The molecule has 0 saturated carbocycles. The molecule has 0 unspecified atom stereocenters. The van der Waals surface area contributed by atoms with Gasteiger partial charge >= 0.3 is 0 Å². The molecule has 100 valence electrons. The molecule has 1 aliphatic rings. The van der Waals surface area contributed by atoms with Crippen LogP contribution in [0.2, 0.25) is 0 Å². The Morgan fingerprint density at radius 2 is 1.94 bits per heavy atom. The molecule has 0 bridgehead atoms. The molecule has 1 aliphatic heterocycles. The van der Waals surface area contributed by atoms with Crippen LogP contribution in [0.15, 0.2) is 6.07 Å². The lowest BCUT2D eigenvalue weighted by Crippen LogP contribution is -2.31. The Labute approximate surface area is 110 Å². The highest BCUT2D eigenvalue weighted by Gasteiger charge is 2.18. The van der Waals surface area contributed by atoms with Crippen molar-refractivity contribution in [2.24, 2.45) is 5.92 Å². The van der Waals surface area contributed by atoms with Gasteiger partial charge in [-0.3, -0.25) is 0 Å². The van der Waals surface area contributed by atoms with Crippen LogP contribution in [0.5, 0.6) is 0 Å². The maximum absolute atomic E-state index is 4.58. The van der Waals surface area contributed by atoms with Crippen LogP contribution in [0.3, 0.4) is 0 Å². The Hall–Kier alpha value is -1.16. The van der Waals surface area contributed by atoms with E-state index in [1.54, 1.807) is 0 Å². The Morgan fingerprint density at radius 3 is 2.56 bits per heavy atom. The van der Waals surface area contributed by atoms with Gasteiger partial charge in [-0.25, -0.2) is 9.97 Å². The van der Waals surface area contributed by atoms with E-state index in [1.807, 2.05) is 25.9 Å². The van der Waals surface area contributed by atoms with Gasteiger partial charge in [-0.2, -0.15) is 0 Å². The van der Waals surface area contributed by atoms with E-state index in [2.05, 4.69) is 28.0 Å². The van der Waals surface area contributed by atoms with Crippen LogP contribution in [0.1, 0.15) is 24.4 Å². The quantitative estimate of drug-likeness (QED) is 0.815. The van der Waals surface area contributed by atoms with Gasteiger partial charge in [-0.05, 0) is 52.2 Å². The predicted molar refractivity (Wildman–Crippen MR) is 75.0 cm³/mol. The van der Waals surface area contributed by atoms with E-state index < -0.39 is 0 Å². The van der Waals surface area contributed by atoms with E-state index in [4.69, 9.17) is 0 Å². The fraction of sp³-hybridized carbons (Fsp3) is 0.714. The topological polar surface area (TPSA) is 32.3 Å². The summed E-state index contributed by atoms with van der Waals surface area (Å²) in [5.74, 6) is 2.68. The van der Waals surface area contributed by atoms with Crippen LogP contribution in [-0.2, 0) is 6.42 Å². The van der Waals surface area contributed by atoms with Gasteiger partial charge in [0.05, 0.1) is 0 Å². The Morgan fingerprint density at radius 1 is 1.28 bits per heavy atom. The molecule has 0 aromatic carbocycles. The molecule has 1 fully saturated rings. The minimum absolute atomic E-state index is 0.783. The smallest absolute Gasteiger partial charge is 0.131 e. The van der Waals surface area contributed by atoms with Crippen molar-refractivity contribution in [2.45, 2.75) is 26.2 Å². The zero-order chi connectivity index (χ0) is 13.1. The molecule has 2 heterocycles. The summed E-state index contributed by atoms with van der Waals surface area (Å²) in [6, 6.07) is 2.13. The molecule has 0 N–H and O–H groups in total. The average molecular weight is 248 g/mol. The third-order valence-electron chi connectivity index (χ3n) is 3.67. The van der Waals surface area contributed by atoms with Crippen LogP contribution in [-0.4, -0.2) is 49.1 Å². The zero-order valence-electron chi connectivity index (χ0n) is 12.0. The average Bonchev–Trinajstić information content (AvgIpc) is 2.31. The molecule has 0 amide bonds. The standard InChI is InChI=1S/C14H24N4/c1-11-15-13(10-14(16-11)17(2)3)9-12-5-7-18(4)8-6-12/h10,12H,5-9H2,1-4H3. The Kier molecular flexibility index (Phi) is 4.17. The maximum atomic E-state index is 4.58.